The molecule has 0 N–H and O–H groups in total. The molecule has 0 aliphatic rings. The van der Waals surface area contributed by atoms with Crippen LogP contribution in [0.4, 0.5) is 0 Å². The summed E-state index contributed by atoms with van der Waals surface area (Å²) in [6.45, 7) is 6.01. The Bertz CT molecular complexity index is 339. The van der Waals surface area contributed by atoms with E-state index < -0.39 is 2.69 Å². The summed E-state index contributed by atoms with van der Waals surface area (Å²) >= 11 is 12.8. The molecule has 0 unspecified atom stereocenters. The zero-order valence-electron chi connectivity index (χ0n) is 8.85. The first-order chi connectivity index (χ1) is 6.70. The Morgan fingerprint density at radius 1 is 1.13 bits per heavy atom. The first-order valence-electron chi connectivity index (χ1n) is 4.55. The van der Waals surface area contributed by atoms with Gasteiger partial charge in [-0.1, -0.05) is 29.8 Å². The zero-order chi connectivity index (χ0) is 11.7. The van der Waals surface area contributed by atoms with Gasteiger partial charge in [0.15, 0.2) is 2.69 Å². The van der Waals surface area contributed by atoms with Crippen LogP contribution in [-0.2, 0) is 2.69 Å². The maximum atomic E-state index is 6.15. The zero-order valence-corrected chi connectivity index (χ0v) is 12.8. The second-order valence-electron chi connectivity index (χ2n) is 4.21. The Balaban J connectivity index is 3.08. The van der Waals surface area contributed by atoms with Crippen molar-refractivity contribution in [2.24, 2.45) is 0 Å². The molecule has 0 heterocycles. The van der Waals surface area contributed by atoms with Gasteiger partial charge < -0.3 is 4.74 Å². The predicted octanol–water partition coefficient (Wildman–Crippen LogP) is 5.00. The van der Waals surface area contributed by atoms with Crippen molar-refractivity contribution in [2.45, 2.75) is 29.1 Å². The van der Waals surface area contributed by atoms with Gasteiger partial charge in [0, 0.05) is 5.56 Å². The molecule has 0 aromatic heterocycles. The highest BCUT2D eigenvalue weighted by atomic mass is 79.9. The minimum absolute atomic E-state index is 0.238. The van der Waals surface area contributed by atoms with Crippen LogP contribution in [0.3, 0.4) is 0 Å². The Labute approximate surface area is 112 Å². The minimum Gasteiger partial charge on any atom is -0.488 e. The van der Waals surface area contributed by atoms with Crippen LogP contribution in [0.25, 0.3) is 0 Å². The van der Waals surface area contributed by atoms with Crippen molar-refractivity contribution >= 4 is 43.5 Å². The average molecular weight is 356 g/mol. The Morgan fingerprint density at radius 2 is 1.67 bits per heavy atom. The van der Waals surface area contributed by atoms with Gasteiger partial charge in [-0.3, -0.25) is 0 Å². The Hall–Kier alpha value is 0.270. The molecule has 0 fully saturated rings. The summed E-state index contributed by atoms with van der Waals surface area (Å²) in [6, 6.07) is 7.66. The average Bonchev–Trinajstić information content (AvgIpc) is 1.99. The van der Waals surface area contributed by atoms with Crippen LogP contribution in [0.2, 0.25) is 0 Å². The molecule has 15 heavy (non-hydrogen) atoms. The monoisotopic (exact) mass is 354 g/mol. The van der Waals surface area contributed by atoms with E-state index in [9.17, 15) is 0 Å². The summed E-state index contributed by atoms with van der Waals surface area (Å²) in [4.78, 5) is 0. The minimum atomic E-state index is -0.776. The van der Waals surface area contributed by atoms with E-state index in [0.717, 1.165) is 11.3 Å². The molecule has 0 aliphatic carbocycles. The van der Waals surface area contributed by atoms with E-state index in [1.54, 1.807) is 0 Å². The first kappa shape index (κ1) is 13.3. The standard InChI is InChI=1S/C11H13Br2ClO/c1-10(2,3)15-9-7-5-4-6-8(9)11(12,13)14/h4-7H,1-3H3. The molecule has 0 saturated heterocycles. The Kier molecular flexibility index (Phi) is 4.13. The summed E-state index contributed by atoms with van der Waals surface area (Å²) < 4.78 is 5.04. The number of para-hydroxylation sites is 1. The third-order valence-electron chi connectivity index (χ3n) is 1.61. The molecule has 0 atom stereocenters. The lowest BCUT2D eigenvalue weighted by Gasteiger charge is -2.25. The molecule has 0 radical (unpaired) electrons. The maximum Gasteiger partial charge on any atom is 0.182 e. The lowest BCUT2D eigenvalue weighted by molar-refractivity contribution is 0.129. The molecule has 1 rings (SSSR count). The second-order valence-corrected chi connectivity index (χ2v) is 9.13. The lowest BCUT2D eigenvalue weighted by Crippen LogP contribution is -2.24. The molecular formula is C11H13Br2ClO. The Morgan fingerprint density at radius 3 is 2.13 bits per heavy atom. The van der Waals surface area contributed by atoms with Gasteiger partial charge in [-0.15, -0.1) is 0 Å². The number of hydrogen-bond acceptors (Lipinski definition) is 1. The van der Waals surface area contributed by atoms with Crippen LogP contribution in [0.1, 0.15) is 26.3 Å². The lowest BCUT2D eigenvalue weighted by atomic mass is 10.1. The highest BCUT2D eigenvalue weighted by Crippen LogP contribution is 2.46. The van der Waals surface area contributed by atoms with Crippen LogP contribution in [0, 0.1) is 0 Å². The van der Waals surface area contributed by atoms with E-state index in [1.165, 1.54) is 0 Å². The van der Waals surface area contributed by atoms with Crippen molar-refractivity contribution in [3.05, 3.63) is 29.8 Å². The summed E-state index contributed by atoms with van der Waals surface area (Å²) in [6.07, 6.45) is 0. The fourth-order valence-corrected chi connectivity index (χ4v) is 1.93. The molecule has 1 aromatic rings. The second kappa shape index (κ2) is 4.64. The molecule has 84 valence electrons. The van der Waals surface area contributed by atoms with E-state index in [0.29, 0.717) is 0 Å². The van der Waals surface area contributed by atoms with Gasteiger partial charge in [-0.25, -0.2) is 0 Å². The van der Waals surface area contributed by atoms with E-state index >= 15 is 0 Å². The van der Waals surface area contributed by atoms with Gasteiger partial charge in [0.25, 0.3) is 0 Å². The van der Waals surface area contributed by atoms with Gasteiger partial charge in [0.1, 0.15) is 11.4 Å². The van der Waals surface area contributed by atoms with Crippen LogP contribution >= 0.6 is 43.5 Å². The number of benzene rings is 1. The van der Waals surface area contributed by atoms with Crippen molar-refractivity contribution in [1.82, 2.24) is 0 Å². The first-order valence-corrected chi connectivity index (χ1v) is 6.52. The number of hydrogen-bond donors (Lipinski definition) is 0. The summed E-state index contributed by atoms with van der Waals surface area (Å²) in [5, 5.41) is 0. The third-order valence-corrected chi connectivity index (χ3v) is 2.67. The normalized spacial score (nSPS) is 12.7. The molecule has 0 aliphatic heterocycles. The third kappa shape index (κ3) is 4.33. The molecule has 4 heteroatoms. The summed E-state index contributed by atoms with van der Waals surface area (Å²) in [5.41, 5.74) is 0.625. The number of alkyl halides is 3. The van der Waals surface area contributed by atoms with Gasteiger partial charge in [-0.2, -0.15) is 0 Å². The molecule has 0 bridgehead atoms. The van der Waals surface area contributed by atoms with E-state index in [-0.39, 0.29) is 5.60 Å². The van der Waals surface area contributed by atoms with E-state index in [1.807, 2.05) is 45.0 Å². The van der Waals surface area contributed by atoms with Crippen molar-refractivity contribution in [3.63, 3.8) is 0 Å². The van der Waals surface area contributed by atoms with Crippen LogP contribution in [0.5, 0.6) is 5.75 Å². The van der Waals surface area contributed by atoms with Gasteiger partial charge in [0.2, 0.25) is 0 Å². The quantitative estimate of drug-likeness (QED) is 0.678. The van der Waals surface area contributed by atoms with Crippen molar-refractivity contribution in [3.8, 4) is 5.75 Å². The van der Waals surface area contributed by atoms with Gasteiger partial charge >= 0.3 is 0 Å². The highest BCUT2D eigenvalue weighted by Gasteiger charge is 2.27. The van der Waals surface area contributed by atoms with Crippen molar-refractivity contribution in [1.29, 1.82) is 0 Å². The smallest absolute Gasteiger partial charge is 0.182 e. The number of ether oxygens (including phenoxy) is 1. The summed E-state index contributed by atoms with van der Waals surface area (Å²) in [7, 11) is 0. The van der Waals surface area contributed by atoms with Gasteiger partial charge in [0.05, 0.1) is 0 Å². The number of halogens is 3. The topological polar surface area (TPSA) is 9.23 Å². The van der Waals surface area contributed by atoms with E-state index in [4.69, 9.17) is 16.3 Å². The van der Waals surface area contributed by atoms with Crippen LogP contribution < -0.4 is 4.74 Å². The summed E-state index contributed by atoms with van der Waals surface area (Å²) in [5.74, 6) is 0.772. The molecule has 1 nitrogen and oxygen atoms in total. The maximum absolute atomic E-state index is 6.15. The fourth-order valence-electron chi connectivity index (χ4n) is 1.12. The highest BCUT2D eigenvalue weighted by molar-refractivity contribution is 9.25. The molecular weight excluding hydrogens is 343 g/mol. The molecule has 1 aromatic carbocycles. The fraction of sp³-hybridized carbons (Fsp3) is 0.455. The number of rotatable bonds is 2. The van der Waals surface area contributed by atoms with Crippen molar-refractivity contribution < 1.29 is 4.74 Å². The van der Waals surface area contributed by atoms with Crippen LogP contribution in [0.15, 0.2) is 24.3 Å². The van der Waals surface area contributed by atoms with E-state index in [2.05, 4.69) is 31.9 Å². The molecule has 0 saturated carbocycles. The van der Waals surface area contributed by atoms with Crippen LogP contribution in [-0.4, -0.2) is 5.60 Å². The van der Waals surface area contributed by atoms with Crippen molar-refractivity contribution in [2.75, 3.05) is 0 Å². The van der Waals surface area contributed by atoms with Gasteiger partial charge in [-0.05, 0) is 58.7 Å². The molecule has 0 amide bonds. The largest absolute Gasteiger partial charge is 0.488 e. The predicted molar refractivity (Wildman–Crippen MR) is 72.2 cm³/mol. The molecule has 0 spiro atoms. The SMILES string of the molecule is CC(C)(C)Oc1ccccc1C(Cl)(Br)Br.